The topological polar surface area (TPSA) is 76.9 Å². The predicted octanol–water partition coefficient (Wildman–Crippen LogP) is 0.431. The predicted molar refractivity (Wildman–Crippen MR) is 92.6 cm³/mol. The van der Waals surface area contributed by atoms with Gasteiger partial charge in [-0.25, -0.2) is 0 Å². The Morgan fingerprint density at radius 3 is 2.58 bits per heavy atom. The fourth-order valence-corrected chi connectivity index (χ4v) is 4.77. The molecule has 0 saturated carbocycles. The largest absolute Gasteiger partial charge is 0.381 e. The van der Waals surface area contributed by atoms with E-state index in [1.165, 1.54) is 0 Å². The van der Waals surface area contributed by atoms with Crippen LogP contribution in [0.5, 0.6) is 0 Å². The molecule has 3 fully saturated rings. The average molecular weight is 362 g/mol. The van der Waals surface area contributed by atoms with Crippen molar-refractivity contribution in [3.63, 3.8) is 0 Å². The molecule has 0 aromatic carbocycles. The highest BCUT2D eigenvalue weighted by molar-refractivity contribution is 5.94. The summed E-state index contributed by atoms with van der Waals surface area (Å²) in [6.45, 7) is 2.66. The van der Waals surface area contributed by atoms with Gasteiger partial charge >= 0.3 is 0 Å². The molecule has 1 aromatic heterocycles. The lowest BCUT2D eigenvalue weighted by Gasteiger charge is -2.61. The molecule has 2 amide bonds. The fourth-order valence-electron chi connectivity index (χ4n) is 4.77. The molecule has 0 bridgehead atoms. The number of β-lactam (4-membered cyclic amide) rings is 1. The average Bonchev–Trinajstić information content (AvgIpc) is 3.09. The molecule has 0 aliphatic carbocycles. The molecule has 1 unspecified atom stereocenters. The number of hydrogen-bond donors (Lipinski definition) is 0. The first kappa shape index (κ1) is 17.5. The lowest BCUT2D eigenvalue weighted by Crippen LogP contribution is -2.79. The number of rotatable bonds is 3. The lowest BCUT2D eigenvalue weighted by atomic mass is 9.72. The Morgan fingerprint density at radius 1 is 1.31 bits per heavy atom. The van der Waals surface area contributed by atoms with E-state index in [1.807, 2.05) is 4.90 Å². The van der Waals surface area contributed by atoms with Gasteiger partial charge in [-0.1, -0.05) is 0 Å². The second-order valence-electron chi connectivity index (χ2n) is 7.47. The molecular weight excluding hydrogens is 336 g/mol. The molecule has 3 aliphatic rings. The van der Waals surface area contributed by atoms with Crippen LogP contribution in [-0.2, 0) is 21.3 Å². The molecule has 1 spiro atoms. The molecule has 1 aromatic rings. The Balaban J connectivity index is 1.42. The van der Waals surface area contributed by atoms with Crippen LogP contribution in [0, 0.1) is 0 Å². The standard InChI is InChI=1S/C18H26N4O4/c1-20-12-13(11-19-20)16(23)21-7-3-14(4-8-21)22-17(24)15(25-2)18(22)5-9-26-10-6-18/h11-12,14-15H,3-10H2,1-2H3. The van der Waals surface area contributed by atoms with Gasteiger partial charge in [-0.15, -0.1) is 0 Å². The van der Waals surface area contributed by atoms with Crippen molar-refractivity contribution in [1.29, 1.82) is 0 Å². The highest BCUT2D eigenvalue weighted by Gasteiger charge is 2.62. The first-order chi connectivity index (χ1) is 12.6. The van der Waals surface area contributed by atoms with Gasteiger partial charge in [-0.2, -0.15) is 5.10 Å². The number of aryl methyl sites for hydroxylation is 1. The Hall–Kier alpha value is -1.93. The number of carbonyl (C=O) groups is 2. The second kappa shape index (κ2) is 6.66. The summed E-state index contributed by atoms with van der Waals surface area (Å²) in [7, 11) is 3.42. The smallest absolute Gasteiger partial charge is 0.257 e. The Kier molecular flexibility index (Phi) is 4.48. The summed E-state index contributed by atoms with van der Waals surface area (Å²) in [6, 6.07) is 0.171. The van der Waals surface area contributed by atoms with E-state index in [0.29, 0.717) is 31.9 Å². The van der Waals surface area contributed by atoms with Crippen LogP contribution < -0.4 is 0 Å². The first-order valence-electron chi connectivity index (χ1n) is 9.28. The van der Waals surface area contributed by atoms with Crippen LogP contribution >= 0.6 is 0 Å². The van der Waals surface area contributed by atoms with Gasteiger partial charge in [-0.3, -0.25) is 14.3 Å². The van der Waals surface area contributed by atoms with Crippen molar-refractivity contribution in [2.75, 3.05) is 33.4 Å². The van der Waals surface area contributed by atoms with E-state index in [1.54, 1.807) is 31.2 Å². The minimum Gasteiger partial charge on any atom is -0.381 e. The Labute approximate surface area is 153 Å². The number of likely N-dealkylation sites (tertiary alicyclic amines) is 2. The zero-order valence-electron chi connectivity index (χ0n) is 15.4. The van der Waals surface area contributed by atoms with Crippen LogP contribution in [0.15, 0.2) is 12.4 Å². The zero-order valence-corrected chi connectivity index (χ0v) is 15.4. The van der Waals surface area contributed by atoms with E-state index in [0.717, 1.165) is 25.7 Å². The summed E-state index contributed by atoms with van der Waals surface area (Å²) < 4.78 is 12.7. The number of nitrogens with zero attached hydrogens (tertiary/aromatic N) is 4. The molecule has 26 heavy (non-hydrogen) atoms. The molecule has 8 nitrogen and oxygen atoms in total. The van der Waals surface area contributed by atoms with Gasteiger partial charge in [0.2, 0.25) is 0 Å². The van der Waals surface area contributed by atoms with Crippen molar-refractivity contribution in [1.82, 2.24) is 19.6 Å². The van der Waals surface area contributed by atoms with Gasteiger partial charge in [0.1, 0.15) is 0 Å². The highest BCUT2D eigenvalue weighted by Crippen LogP contribution is 2.45. The van der Waals surface area contributed by atoms with Crippen molar-refractivity contribution < 1.29 is 19.1 Å². The van der Waals surface area contributed by atoms with Crippen molar-refractivity contribution in [3.05, 3.63) is 18.0 Å². The number of carbonyl (C=O) groups excluding carboxylic acids is 2. The van der Waals surface area contributed by atoms with E-state index >= 15 is 0 Å². The van der Waals surface area contributed by atoms with Gasteiger partial charge in [0.15, 0.2) is 6.10 Å². The van der Waals surface area contributed by atoms with Crippen LogP contribution in [0.4, 0.5) is 0 Å². The SMILES string of the molecule is COC1C(=O)N(C2CCN(C(=O)c3cnn(C)c3)CC2)C12CCOCC2. The number of piperidine rings is 1. The summed E-state index contributed by atoms with van der Waals surface area (Å²) in [5, 5.41) is 4.07. The summed E-state index contributed by atoms with van der Waals surface area (Å²) in [5.74, 6) is 0.105. The number of aromatic nitrogens is 2. The minimum absolute atomic E-state index is 0.0158. The summed E-state index contributed by atoms with van der Waals surface area (Å²) in [6.07, 6.45) is 6.26. The molecule has 3 saturated heterocycles. The van der Waals surface area contributed by atoms with Crippen molar-refractivity contribution in [2.45, 2.75) is 43.4 Å². The van der Waals surface area contributed by atoms with Crippen LogP contribution in [0.25, 0.3) is 0 Å². The minimum atomic E-state index is -0.346. The molecule has 1 atom stereocenters. The number of amides is 2. The van der Waals surface area contributed by atoms with E-state index in [-0.39, 0.29) is 29.5 Å². The van der Waals surface area contributed by atoms with Gasteiger partial charge in [0.05, 0.1) is 17.3 Å². The van der Waals surface area contributed by atoms with Gasteiger partial charge < -0.3 is 19.3 Å². The van der Waals surface area contributed by atoms with E-state index in [2.05, 4.69) is 10.00 Å². The fraction of sp³-hybridized carbons (Fsp3) is 0.722. The van der Waals surface area contributed by atoms with Crippen LogP contribution in [0.1, 0.15) is 36.0 Å². The quantitative estimate of drug-likeness (QED) is 0.729. The van der Waals surface area contributed by atoms with Gasteiger partial charge in [-0.05, 0) is 25.7 Å². The molecule has 4 rings (SSSR count). The number of hydrogen-bond acceptors (Lipinski definition) is 5. The third kappa shape index (κ3) is 2.63. The summed E-state index contributed by atoms with van der Waals surface area (Å²) >= 11 is 0. The van der Waals surface area contributed by atoms with Gasteiger partial charge in [0.25, 0.3) is 11.8 Å². The first-order valence-corrected chi connectivity index (χ1v) is 9.28. The monoisotopic (exact) mass is 362 g/mol. The molecule has 8 heteroatoms. The third-order valence-corrected chi connectivity index (χ3v) is 6.09. The number of methoxy groups -OCH3 is 1. The maximum atomic E-state index is 12.7. The second-order valence-corrected chi connectivity index (χ2v) is 7.47. The maximum Gasteiger partial charge on any atom is 0.257 e. The van der Waals surface area contributed by atoms with Crippen LogP contribution in [0.2, 0.25) is 0 Å². The summed E-state index contributed by atoms with van der Waals surface area (Å²) in [5.41, 5.74) is 0.399. The molecule has 142 valence electrons. The van der Waals surface area contributed by atoms with E-state index < -0.39 is 0 Å². The highest BCUT2D eigenvalue weighted by atomic mass is 16.5. The normalized spacial score (nSPS) is 26.2. The molecule has 0 N–H and O–H groups in total. The maximum absolute atomic E-state index is 12.7. The number of ether oxygens (including phenoxy) is 2. The van der Waals surface area contributed by atoms with Crippen molar-refractivity contribution in [3.8, 4) is 0 Å². The van der Waals surface area contributed by atoms with E-state index in [9.17, 15) is 9.59 Å². The Morgan fingerprint density at radius 2 is 2.00 bits per heavy atom. The van der Waals surface area contributed by atoms with Gasteiger partial charge in [0, 0.05) is 52.7 Å². The van der Waals surface area contributed by atoms with Crippen LogP contribution in [-0.4, -0.2) is 82.5 Å². The molecule has 0 radical (unpaired) electrons. The zero-order chi connectivity index (χ0) is 18.3. The molecular formula is C18H26N4O4. The molecule has 3 aliphatic heterocycles. The lowest BCUT2D eigenvalue weighted by molar-refractivity contribution is -0.213. The Bertz CT molecular complexity index is 689. The van der Waals surface area contributed by atoms with Crippen LogP contribution in [0.3, 0.4) is 0 Å². The molecule has 4 heterocycles. The third-order valence-electron chi connectivity index (χ3n) is 6.09. The van der Waals surface area contributed by atoms with E-state index in [4.69, 9.17) is 9.47 Å². The van der Waals surface area contributed by atoms with Crippen molar-refractivity contribution in [2.24, 2.45) is 7.05 Å². The summed E-state index contributed by atoms with van der Waals surface area (Å²) in [4.78, 5) is 29.2. The van der Waals surface area contributed by atoms with Crippen molar-refractivity contribution >= 4 is 11.8 Å².